The summed E-state index contributed by atoms with van der Waals surface area (Å²) in [7, 11) is 0. The molecule has 78 valence electrons. The van der Waals surface area contributed by atoms with Gasteiger partial charge in [0.1, 0.15) is 0 Å². The first-order chi connectivity index (χ1) is 7.10. The van der Waals surface area contributed by atoms with Crippen LogP contribution in [-0.2, 0) is 0 Å². The Morgan fingerprint density at radius 3 is 2.60 bits per heavy atom. The standard InChI is InChI=1S/C13H14ClN/c1-4-11(8-15)13(14)12-7-9(2)5-6-10(12)3/h5-7H,4H2,1-3H3. The minimum atomic E-state index is 0.584. The topological polar surface area (TPSA) is 23.8 Å². The van der Waals surface area contributed by atoms with Gasteiger partial charge in [-0.25, -0.2) is 0 Å². The average molecular weight is 220 g/mol. The smallest absolute Gasteiger partial charge is 0.0962 e. The Bertz CT molecular complexity index is 438. The van der Waals surface area contributed by atoms with E-state index in [2.05, 4.69) is 6.07 Å². The molecule has 2 heteroatoms. The van der Waals surface area contributed by atoms with E-state index in [9.17, 15) is 0 Å². The van der Waals surface area contributed by atoms with Crippen LogP contribution in [0, 0.1) is 25.2 Å². The molecule has 0 fully saturated rings. The second-order valence-electron chi connectivity index (χ2n) is 3.58. The SMILES string of the molecule is CCC(C#N)=C(Cl)c1cc(C)ccc1C. The molecular formula is C13H14ClN. The van der Waals surface area contributed by atoms with Crippen LogP contribution >= 0.6 is 11.6 Å². The van der Waals surface area contributed by atoms with Gasteiger partial charge < -0.3 is 0 Å². The van der Waals surface area contributed by atoms with Crippen LogP contribution in [0.3, 0.4) is 0 Å². The maximum Gasteiger partial charge on any atom is 0.0962 e. The lowest BCUT2D eigenvalue weighted by molar-refractivity contribution is 1.16. The van der Waals surface area contributed by atoms with Gasteiger partial charge in [-0.05, 0) is 31.4 Å². The maximum atomic E-state index is 8.93. The van der Waals surface area contributed by atoms with Crippen molar-refractivity contribution < 1.29 is 0 Å². The van der Waals surface area contributed by atoms with E-state index in [4.69, 9.17) is 16.9 Å². The van der Waals surface area contributed by atoms with Crippen molar-refractivity contribution in [3.63, 3.8) is 0 Å². The highest BCUT2D eigenvalue weighted by Gasteiger charge is 2.07. The van der Waals surface area contributed by atoms with Gasteiger partial charge >= 0.3 is 0 Å². The summed E-state index contributed by atoms with van der Waals surface area (Å²) in [6.45, 7) is 5.96. The number of nitrogens with zero attached hydrogens (tertiary/aromatic N) is 1. The Morgan fingerprint density at radius 2 is 2.07 bits per heavy atom. The fourth-order valence-corrected chi connectivity index (χ4v) is 1.80. The van der Waals surface area contributed by atoms with Crippen molar-refractivity contribution in [3.05, 3.63) is 40.5 Å². The van der Waals surface area contributed by atoms with Gasteiger partial charge in [0, 0.05) is 5.57 Å². The van der Waals surface area contributed by atoms with Gasteiger partial charge in [0.2, 0.25) is 0 Å². The van der Waals surface area contributed by atoms with Gasteiger partial charge in [0.15, 0.2) is 0 Å². The molecule has 0 aromatic heterocycles. The molecule has 0 saturated heterocycles. The molecule has 0 N–H and O–H groups in total. The summed E-state index contributed by atoms with van der Waals surface area (Å²) >= 11 is 6.21. The maximum absolute atomic E-state index is 8.93. The summed E-state index contributed by atoms with van der Waals surface area (Å²) < 4.78 is 0. The third-order valence-electron chi connectivity index (χ3n) is 2.38. The minimum absolute atomic E-state index is 0.584. The van der Waals surface area contributed by atoms with Gasteiger partial charge in [0.05, 0.1) is 11.1 Å². The number of benzene rings is 1. The van der Waals surface area contributed by atoms with Crippen LogP contribution in [0.2, 0.25) is 0 Å². The molecule has 0 radical (unpaired) electrons. The Kier molecular flexibility index (Phi) is 3.94. The highest BCUT2D eigenvalue weighted by molar-refractivity contribution is 6.49. The van der Waals surface area contributed by atoms with Crippen molar-refractivity contribution in [3.8, 4) is 6.07 Å². The Hall–Kier alpha value is -1.26. The van der Waals surface area contributed by atoms with E-state index in [0.717, 1.165) is 16.7 Å². The molecule has 0 bridgehead atoms. The number of rotatable bonds is 2. The van der Waals surface area contributed by atoms with E-state index in [0.29, 0.717) is 17.0 Å². The number of hydrogen-bond donors (Lipinski definition) is 0. The first-order valence-electron chi connectivity index (χ1n) is 4.96. The zero-order valence-corrected chi connectivity index (χ0v) is 10.0. The molecule has 0 spiro atoms. The Labute approximate surface area is 96.0 Å². The molecular weight excluding hydrogens is 206 g/mol. The molecule has 0 amide bonds. The molecule has 0 atom stereocenters. The lowest BCUT2D eigenvalue weighted by Crippen LogP contribution is -1.89. The van der Waals surface area contributed by atoms with E-state index >= 15 is 0 Å². The van der Waals surface area contributed by atoms with Crippen LogP contribution < -0.4 is 0 Å². The van der Waals surface area contributed by atoms with Crippen LogP contribution in [0.15, 0.2) is 23.8 Å². The molecule has 1 rings (SSSR count). The monoisotopic (exact) mass is 219 g/mol. The molecule has 0 unspecified atom stereocenters. The highest BCUT2D eigenvalue weighted by Crippen LogP contribution is 2.27. The van der Waals surface area contributed by atoms with Gasteiger partial charge in [-0.2, -0.15) is 5.26 Å². The van der Waals surface area contributed by atoms with Crippen molar-refractivity contribution in [2.45, 2.75) is 27.2 Å². The molecule has 1 aromatic carbocycles. The average Bonchev–Trinajstić information content (AvgIpc) is 2.23. The van der Waals surface area contributed by atoms with Crippen molar-refractivity contribution in [1.82, 2.24) is 0 Å². The van der Waals surface area contributed by atoms with Crippen molar-refractivity contribution in [2.75, 3.05) is 0 Å². The molecule has 0 aliphatic rings. The van der Waals surface area contributed by atoms with E-state index in [1.807, 2.05) is 39.0 Å². The van der Waals surface area contributed by atoms with Gasteiger partial charge in [-0.15, -0.1) is 0 Å². The summed E-state index contributed by atoms with van der Waals surface area (Å²) in [4.78, 5) is 0. The number of aryl methyl sites for hydroxylation is 2. The zero-order chi connectivity index (χ0) is 11.4. The van der Waals surface area contributed by atoms with Crippen LogP contribution in [0.25, 0.3) is 5.03 Å². The number of hydrogen-bond acceptors (Lipinski definition) is 1. The molecule has 1 nitrogen and oxygen atoms in total. The first-order valence-corrected chi connectivity index (χ1v) is 5.34. The van der Waals surface area contributed by atoms with Crippen LogP contribution in [0.1, 0.15) is 30.0 Å². The molecule has 15 heavy (non-hydrogen) atoms. The third-order valence-corrected chi connectivity index (χ3v) is 2.81. The van der Waals surface area contributed by atoms with Crippen molar-refractivity contribution in [1.29, 1.82) is 5.26 Å². The summed E-state index contributed by atoms with van der Waals surface area (Å²) in [5, 5.41) is 9.51. The number of nitriles is 1. The quantitative estimate of drug-likeness (QED) is 0.685. The van der Waals surface area contributed by atoms with Crippen LogP contribution in [0.4, 0.5) is 0 Å². The number of halogens is 1. The molecule has 0 aliphatic heterocycles. The Morgan fingerprint density at radius 1 is 1.40 bits per heavy atom. The second kappa shape index (κ2) is 5.00. The van der Waals surface area contributed by atoms with Crippen molar-refractivity contribution >= 4 is 16.6 Å². The zero-order valence-electron chi connectivity index (χ0n) is 9.26. The first kappa shape index (κ1) is 11.8. The fourth-order valence-electron chi connectivity index (χ4n) is 1.42. The minimum Gasteiger partial charge on any atom is -0.193 e. The van der Waals surface area contributed by atoms with E-state index in [-0.39, 0.29) is 0 Å². The van der Waals surface area contributed by atoms with Crippen LogP contribution in [-0.4, -0.2) is 0 Å². The summed E-state index contributed by atoms with van der Waals surface area (Å²) in [6.07, 6.45) is 0.669. The molecule has 0 aliphatic carbocycles. The predicted molar refractivity (Wildman–Crippen MR) is 64.6 cm³/mol. The van der Waals surface area contributed by atoms with Gasteiger partial charge in [-0.3, -0.25) is 0 Å². The van der Waals surface area contributed by atoms with Gasteiger partial charge in [-0.1, -0.05) is 42.3 Å². The third kappa shape index (κ3) is 2.61. The lowest BCUT2D eigenvalue weighted by atomic mass is 10.0. The van der Waals surface area contributed by atoms with E-state index in [1.54, 1.807) is 0 Å². The second-order valence-corrected chi connectivity index (χ2v) is 3.95. The fraction of sp³-hybridized carbons (Fsp3) is 0.308. The van der Waals surface area contributed by atoms with E-state index in [1.165, 1.54) is 0 Å². The lowest BCUT2D eigenvalue weighted by Gasteiger charge is -2.07. The molecule has 0 heterocycles. The van der Waals surface area contributed by atoms with Crippen molar-refractivity contribution in [2.24, 2.45) is 0 Å². The summed E-state index contributed by atoms with van der Waals surface area (Å²) in [6, 6.07) is 8.23. The van der Waals surface area contributed by atoms with Gasteiger partial charge in [0.25, 0.3) is 0 Å². The largest absolute Gasteiger partial charge is 0.193 e. The number of allylic oxidation sites excluding steroid dienone is 1. The summed E-state index contributed by atoms with van der Waals surface area (Å²) in [5.41, 5.74) is 3.87. The Balaban J connectivity index is 3.34. The van der Waals surface area contributed by atoms with E-state index < -0.39 is 0 Å². The molecule has 0 saturated carbocycles. The normalized spacial score (nSPS) is 11.9. The highest BCUT2D eigenvalue weighted by atomic mass is 35.5. The summed E-state index contributed by atoms with van der Waals surface area (Å²) in [5.74, 6) is 0. The predicted octanol–water partition coefficient (Wildman–Crippen LogP) is 4.19. The molecule has 1 aromatic rings. The van der Waals surface area contributed by atoms with Crippen LogP contribution in [0.5, 0.6) is 0 Å².